The molecule has 38 heavy (non-hydrogen) atoms. The first-order valence-electron chi connectivity index (χ1n) is 12.8. The predicted octanol–water partition coefficient (Wildman–Crippen LogP) is 6.02. The van der Waals surface area contributed by atoms with Gasteiger partial charge in [0.15, 0.2) is 17.3 Å². The van der Waals surface area contributed by atoms with Gasteiger partial charge < -0.3 is 19.5 Å². The molecule has 1 heterocycles. The third kappa shape index (κ3) is 4.49. The highest BCUT2D eigenvalue weighted by Crippen LogP contribution is 2.48. The smallest absolute Gasteiger partial charge is 0.227 e. The van der Waals surface area contributed by atoms with Gasteiger partial charge in [0, 0.05) is 24.1 Å². The summed E-state index contributed by atoms with van der Waals surface area (Å²) in [7, 11) is 4.83. The van der Waals surface area contributed by atoms with Crippen molar-refractivity contribution in [3.8, 4) is 17.2 Å². The lowest BCUT2D eigenvalue weighted by molar-refractivity contribution is -0.119. The van der Waals surface area contributed by atoms with Crippen LogP contribution in [0.3, 0.4) is 0 Å². The van der Waals surface area contributed by atoms with Gasteiger partial charge in [-0.3, -0.25) is 14.5 Å². The van der Waals surface area contributed by atoms with Gasteiger partial charge in [-0.15, -0.1) is 0 Å². The monoisotopic (exact) mass is 512 g/mol. The first-order chi connectivity index (χ1) is 18.5. The molecule has 7 nitrogen and oxygen atoms in total. The van der Waals surface area contributed by atoms with Crippen LogP contribution in [-0.4, -0.2) is 33.0 Å². The van der Waals surface area contributed by atoms with E-state index in [1.807, 2.05) is 73.7 Å². The van der Waals surface area contributed by atoms with E-state index in [0.29, 0.717) is 42.1 Å². The molecule has 0 unspecified atom stereocenters. The van der Waals surface area contributed by atoms with Crippen molar-refractivity contribution in [1.82, 2.24) is 0 Å². The number of nitrogens with one attached hydrogen (secondary N) is 1. The van der Waals surface area contributed by atoms with Crippen molar-refractivity contribution in [3.63, 3.8) is 0 Å². The summed E-state index contributed by atoms with van der Waals surface area (Å²) in [5, 5.41) is 3.56. The molecule has 1 N–H and O–H groups in total. The number of carbonyl (C=O) groups is 2. The molecule has 1 aliphatic carbocycles. The molecule has 0 spiro atoms. The number of fused-ring (bicyclic) bond motifs is 1. The van der Waals surface area contributed by atoms with Gasteiger partial charge in [-0.05, 0) is 59.9 Å². The molecule has 1 amide bonds. The predicted molar refractivity (Wildman–Crippen MR) is 147 cm³/mol. The third-order valence-electron chi connectivity index (χ3n) is 7.37. The molecule has 2 atom stereocenters. The Morgan fingerprint density at radius 3 is 2.29 bits per heavy atom. The summed E-state index contributed by atoms with van der Waals surface area (Å²) in [6.45, 7) is 1.85. The van der Waals surface area contributed by atoms with Crippen LogP contribution in [0.4, 0.5) is 11.4 Å². The number of anilines is 2. The van der Waals surface area contributed by atoms with E-state index >= 15 is 0 Å². The van der Waals surface area contributed by atoms with Gasteiger partial charge in [0.05, 0.1) is 38.7 Å². The van der Waals surface area contributed by atoms with Crippen LogP contribution in [-0.2, 0) is 9.59 Å². The Hall–Kier alpha value is -4.26. The minimum atomic E-state index is -0.557. The molecule has 5 rings (SSSR count). The van der Waals surface area contributed by atoms with Gasteiger partial charge in [-0.2, -0.15) is 0 Å². The minimum absolute atomic E-state index is 0.0149. The number of amides is 1. The second-order valence-electron chi connectivity index (χ2n) is 9.47. The maximum Gasteiger partial charge on any atom is 0.227 e. The van der Waals surface area contributed by atoms with E-state index in [2.05, 4.69) is 5.32 Å². The Labute approximate surface area is 223 Å². The number of allylic oxidation sites excluding steroid dienone is 1. The van der Waals surface area contributed by atoms with Crippen LogP contribution in [0.5, 0.6) is 17.2 Å². The second kappa shape index (κ2) is 10.6. The van der Waals surface area contributed by atoms with Crippen molar-refractivity contribution < 1.29 is 23.8 Å². The summed E-state index contributed by atoms with van der Waals surface area (Å²) in [5.74, 6) is 1.91. The number of rotatable bonds is 6. The van der Waals surface area contributed by atoms with Crippen molar-refractivity contribution in [2.24, 2.45) is 0 Å². The van der Waals surface area contributed by atoms with Gasteiger partial charge in [-0.25, -0.2) is 0 Å². The molecule has 2 aliphatic rings. The fraction of sp³-hybridized carbons (Fsp3) is 0.290. The average molecular weight is 513 g/mol. The normalized spacial score (nSPS) is 18.6. The third-order valence-corrected chi connectivity index (χ3v) is 7.37. The molecule has 1 aliphatic heterocycles. The van der Waals surface area contributed by atoms with E-state index < -0.39 is 6.04 Å². The standard InChI is InChI=1S/C31H32N2O5/c1-5-29(35)33-25-9-7-6-8-23(25)32-24-16-21(20-12-15-27(37-3)28(18-20)38-4)17-26(34)30(24)31(33)19-10-13-22(36-2)14-11-19/h6-15,18,21,31-32H,5,16-17H2,1-4H3/t21-,31-/m0/s1. The Kier molecular flexibility index (Phi) is 7.09. The summed E-state index contributed by atoms with van der Waals surface area (Å²) < 4.78 is 16.3. The number of ketones is 1. The van der Waals surface area contributed by atoms with E-state index in [0.717, 1.165) is 28.2 Å². The Morgan fingerprint density at radius 1 is 0.895 bits per heavy atom. The van der Waals surface area contributed by atoms with Crippen LogP contribution < -0.4 is 24.4 Å². The lowest BCUT2D eigenvalue weighted by Gasteiger charge is -2.35. The molecule has 7 heteroatoms. The lowest BCUT2D eigenvalue weighted by Crippen LogP contribution is -2.38. The van der Waals surface area contributed by atoms with Gasteiger partial charge in [-0.1, -0.05) is 37.3 Å². The zero-order chi connectivity index (χ0) is 26.8. The molecular formula is C31H32N2O5. The molecule has 3 aromatic rings. The first-order valence-corrected chi connectivity index (χ1v) is 12.8. The van der Waals surface area contributed by atoms with Gasteiger partial charge >= 0.3 is 0 Å². The summed E-state index contributed by atoms with van der Waals surface area (Å²) >= 11 is 0. The summed E-state index contributed by atoms with van der Waals surface area (Å²) in [6, 6.07) is 20.6. The lowest BCUT2D eigenvalue weighted by atomic mass is 9.78. The van der Waals surface area contributed by atoms with E-state index in [1.165, 1.54) is 0 Å². The quantitative estimate of drug-likeness (QED) is 0.435. The number of nitrogens with zero attached hydrogens (tertiary/aromatic N) is 1. The number of para-hydroxylation sites is 2. The summed E-state index contributed by atoms with van der Waals surface area (Å²) in [6.07, 6.45) is 1.25. The Morgan fingerprint density at radius 2 is 1.61 bits per heavy atom. The van der Waals surface area contributed by atoms with Crippen molar-refractivity contribution in [1.29, 1.82) is 0 Å². The Bertz CT molecular complexity index is 1400. The zero-order valence-electron chi connectivity index (χ0n) is 22.1. The number of ether oxygens (including phenoxy) is 3. The van der Waals surface area contributed by atoms with Crippen molar-refractivity contribution in [2.75, 3.05) is 31.5 Å². The van der Waals surface area contributed by atoms with Crippen LogP contribution >= 0.6 is 0 Å². The van der Waals surface area contributed by atoms with E-state index in [-0.39, 0.29) is 17.6 Å². The Balaban J connectivity index is 1.66. The number of benzene rings is 3. The molecule has 3 aromatic carbocycles. The average Bonchev–Trinajstić information content (AvgIpc) is 3.11. The van der Waals surface area contributed by atoms with E-state index in [4.69, 9.17) is 14.2 Å². The molecule has 0 radical (unpaired) electrons. The highest BCUT2D eigenvalue weighted by molar-refractivity contribution is 6.06. The molecule has 196 valence electrons. The highest BCUT2D eigenvalue weighted by atomic mass is 16.5. The minimum Gasteiger partial charge on any atom is -0.497 e. The maximum absolute atomic E-state index is 14.0. The SMILES string of the molecule is CCC(=O)N1c2ccccc2NC2=C(C(=O)C[C@@H](c3ccc(OC)c(OC)c3)C2)[C@@H]1c1ccc(OC)cc1. The van der Waals surface area contributed by atoms with E-state index in [9.17, 15) is 9.59 Å². The number of methoxy groups -OCH3 is 3. The van der Waals surface area contributed by atoms with Crippen molar-refractivity contribution in [2.45, 2.75) is 38.1 Å². The zero-order valence-corrected chi connectivity index (χ0v) is 22.1. The second-order valence-corrected chi connectivity index (χ2v) is 9.47. The summed E-state index contributed by atoms with van der Waals surface area (Å²) in [5.41, 5.74) is 4.88. The van der Waals surface area contributed by atoms with Crippen molar-refractivity contribution in [3.05, 3.63) is 89.1 Å². The highest BCUT2D eigenvalue weighted by Gasteiger charge is 2.41. The van der Waals surface area contributed by atoms with Crippen LogP contribution in [0.15, 0.2) is 78.0 Å². The number of carbonyl (C=O) groups excluding carboxylic acids is 2. The van der Waals surface area contributed by atoms with Gasteiger partial charge in [0.1, 0.15) is 5.75 Å². The number of Topliss-reactive ketones (excluding diaryl/α,β-unsaturated/α-hetero) is 1. The molecule has 0 fully saturated rings. The van der Waals surface area contributed by atoms with Crippen LogP contribution in [0.1, 0.15) is 49.3 Å². The summed E-state index contributed by atoms with van der Waals surface area (Å²) in [4.78, 5) is 29.3. The topological polar surface area (TPSA) is 77.1 Å². The van der Waals surface area contributed by atoms with Gasteiger partial charge in [0.25, 0.3) is 0 Å². The first kappa shape index (κ1) is 25.4. The van der Waals surface area contributed by atoms with Crippen molar-refractivity contribution >= 4 is 23.1 Å². The molecule has 0 saturated heterocycles. The largest absolute Gasteiger partial charge is 0.497 e. The number of hydrogen-bond acceptors (Lipinski definition) is 6. The maximum atomic E-state index is 14.0. The fourth-order valence-electron chi connectivity index (χ4n) is 5.48. The molecular weight excluding hydrogens is 480 g/mol. The van der Waals surface area contributed by atoms with Crippen LogP contribution in [0, 0.1) is 0 Å². The van der Waals surface area contributed by atoms with Crippen LogP contribution in [0.2, 0.25) is 0 Å². The van der Waals surface area contributed by atoms with E-state index in [1.54, 1.807) is 26.2 Å². The van der Waals surface area contributed by atoms with Gasteiger partial charge in [0.2, 0.25) is 5.91 Å². The number of hydrogen-bond donors (Lipinski definition) is 1. The molecule has 0 aromatic heterocycles. The molecule has 0 bridgehead atoms. The van der Waals surface area contributed by atoms with Crippen LogP contribution in [0.25, 0.3) is 0 Å². The molecule has 0 saturated carbocycles. The fourth-order valence-corrected chi connectivity index (χ4v) is 5.48.